The van der Waals surface area contributed by atoms with E-state index in [1.807, 2.05) is 7.05 Å². The van der Waals surface area contributed by atoms with Crippen molar-refractivity contribution >= 4 is 0 Å². The summed E-state index contributed by atoms with van der Waals surface area (Å²) in [6.45, 7) is 4.58. The quantitative estimate of drug-likeness (QED) is 0.534. The molecule has 60 valence electrons. The van der Waals surface area contributed by atoms with E-state index >= 15 is 0 Å². The van der Waals surface area contributed by atoms with Gasteiger partial charge in [0.05, 0.1) is 0 Å². The Morgan fingerprint density at radius 1 is 1.60 bits per heavy atom. The van der Waals surface area contributed by atoms with E-state index in [0.29, 0.717) is 0 Å². The summed E-state index contributed by atoms with van der Waals surface area (Å²) in [4.78, 5) is 2.40. The molecule has 0 radical (unpaired) electrons. The molecule has 1 aliphatic heterocycles. The lowest BCUT2D eigenvalue weighted by Gasteiger charge is -2.35. The van der Waals surface area contributed by atoms with Gasteiger partial charge in [-0.3, -0.25) is 4.90 Å². The van der Waals surface area contributed by atoms with Gasteiger partial charge in [-0.15, -0.1) is 0 Å². The van der Waals surface area contributed by atoms with Crippen LogP contribution in [0.25, 0.3) is 0 Å². The smallest absolute Gasteiger partial charge is 0.0342 e. The summed E-state index contributed by atoms with van der Waals surface area (Å²) in [6, 6.07) is 0.786. The Labute approximate surface area is 62.8 Å². The molecule has 0 aliphatic carbocycles. The van der Waals surface area contributed by atoms with Gasteiger partial charge in [0, 0.05) is 32.2 Å². The maximum absolute atomic E-state index is 3.26. The van der Waals surface area contributed by atoms with Crippen LogP contribution in [0.3, 0.4) is 0 Å². The third kappa shape index (κ3) is 1.94. The number of nitrogens with zero attached hydrogens (tertiary/aromatic N) is 1. The van der Waals surface area contributed by atoms with Gasteiger partial charge in [-0.2, -0.15) is 0 Å². The van der Waals surface area contributed by atoms with Crippen LogP contribution in [0.1, 0.15) is 0 Å². The first-order chi connectivity index (χ1) is 4.84. The molecule has 1 heterocycles. The minimum absolute atomic E-state index is 0.786. The van der Waals surface area contributed by atoms with Crippen molar-refractivity contribution in [1.82, 2.24) is 15.5 Å². The van der Waals surface area contributed by atoms with Crippen molar-refractivity contribution in [3.8, 4) is 0 Å². The summed E-state index contributed by atoms with van der Waals surface area (Å²) >= 11 is 0. The molecule has 0 aromatic carbocycles. The van der Waals surface area contributed by atoms with E-state index in [1.54, 1.807) is 0 Å². The molecule has 10 heavy (non-hydrogen) atoms. The van der Waals surface area contributed by atoms with E-state index in [0.717, 1.165) is 19.1 Å². The summed E-state index contributed by atoms with van der Waals surface area (Å²) in [6.07, 6.45) is 0. The molecule has 1 fully saturated rings. The molecule has 0 amide bonds. The fourth-order valence-electron chi connectivity index (χ4n) is 1.06. The van der Waals surface area contributed by atoms with Crippen LogP contribution in [0.4, 0.5) is 0 Å². The molecule has 0 aromatic heterocycles. The second kappa shape index (κ2) is 3.91. The van der Waals surface area contributed by atoms with Gasteiger partial charge in [0.1, 0.15) is 0 Å². The first-order valence-corrected chi connectivity index (χ1v) is 3.90. The molecule has 1 rings (SSSR count). The van der Waals surface area contributed by atoms with Crippen LogP contribution in [0.2, 0.25) is 0 Å². The van der Waals surface area contributed by atoms with Gasteiger partial charge in [-0.05, 0) is 14.1 Å². The Kier molecular flexibility index (Phi) is 3.12. The normalized spacial score (nSPS) is 19.5. The predicted octanol–water partition coefficient (Wildman–Crippen LogP) is -0.891. The molecule has 3 heteroatoms. The van der Waals surface area contributed by atoms with Gasteiger partial charge in [0.15, 0.2) is 0 Å². The predicted molar refractivity (Wildman–Crippen MR) is 43.2 cm³/mol. The van der Waals surface area contributed by atoms with Gasteiger partial charge in [-0.25, -0.2) is 0 Å². The highest BCUT2D eigenvalue weighted by Gasteiger charge is 2.20. The van der Waals surface area contributed by atoms with Crippen LogP contribution in [0.5, 0.6) is 0 Å². The highest BCUT2D eigenvalue weighted by atomic mass is 15.2. The average Bonchev–Trinajstić information content (AvgIpc) is 1.79. The lowest BCUT2D eigenvalue weighted by Crippen LogP contribution is -2.56. The van der Waals surface area contributed by atoms with E-state index < -0.39 is 0 Å². The molecule has 1 aliphatic rings. The van der Waals surface area contributed by atoms with Gasteiger partial charge in [0.25, 0.3) is 0 Å². The van der Waals surface area contributed by atoms with Gasteiger partial charge in [0.2, 0.25) is 0 Å². The monoisotopic (exact) mass is 143 g/mol. The number of hydrogen-bond donors (Lipinski definition) is 2. The number of rotatable bonds is 4. The van der Waals surface area contributed by atoms with E-state index in [1.165, 1.54) is 13.1 Å². The Balaban J connectivity index is 2.02. The van der Waals surface area contributed by atoms with Crippen LogP contribution in [0.15, 0.2) is 0 Å². The highest BCUT2D eigenvalue weighted by Crippen LogP contribution is 1.99. The summed E-state index contributed by atoms with van der Waals surface area (Å²) in [7, 11) is 4.18. The number of nitrogens with one attached hydrogen (secondary N) is 2. The third-order valence-corrected chi connectivity index (χ3v) is 2.10. The molecule has 2 N–H and O–H groups in total. The van der Waals surface area contributed by atoms with E-state index in [2.05, 4.69) is 22.6 Å². The highest BCUT2D eigenvalue weighted by molar-refractivity contribution is 4.82. The van der Waals surface area contributed by atoms with Crippen LogP contribution < -0.4 is 10.6 Å². The zero-order valence-corrected chi connectivity index (χ0v) is 6.85. The van der Waals surface area contributed by atoms with Gasteiger partial charge >= 0.3 is 0 Å². The third-order valence-electron chi connectivity index (χ3n) is 2.10. The second-order valence-electron chi connectivity index (χ2n) is 2.90. The zero-order chi connectivity index (χ0) is 7.40. The fraction of sp³-hybridized carbons (Fsp3) is 1.00. The summed E-state index contributed by atoms with van der Waals surface area (Å²) in [5.74, 6) is 0. The van der Waals surface area contributed by atoms with E-state index in [-0.39, 0.29) is 0 Å². The Morgan fingerprint density at radius 3 is 2.70 bits per heavy atom. The van der Waals surface area contributed by atoms with Crippen molar-refractivity contribution in [1.29, 1.82) is 0 Å². The zero-order valence-electron chi connectivity index (χ0n) is 6.85. The SMILES string of the molecule is CNCCN(C)C1CNC1. The van der Waals surface area contributed by atoms with Crippen molar-refractivity contribution in [2.24, 2.45) is 0 Å². The first-order valence-electron chi connectivity index (χ1n) is 3.90. The Bertz CT molecular complexity index is 90.9. The van der Waals surface area contributed by atoms with Gasteiger partial charge < -0.3 is 10.6 Å². The summed E-state index contributed by atoms with van der Waals surface area (Å²) < 4.78 is 0. The van der Waals surface area contributed by atoms with E-state index in [9.17, 15) is 0 Å². The molecule has 0 aromatic rings. The average molecular weight is 143 g/mol. The summed E-state index contributed by atoms with van der Waals surface area (Å²) in [5, 5.41) is 6.40. The maximum atomic E-state index is 3.26. The molecule has 0 saturated carbocycles. The van der Waals surface area contributed by atoms with E-state index in [4.69, 9.17) is 0 Å². The lowest BCUT2D eigenvalue weighted by molar-refractivity contribution is 0.182. The van der Waals surface area contributed by atoms with Crippen molar-refractivity contribution in [3.05, 3.63) is 0 Å². The second-order valence-corrected chi connectivity index (χ2v) is 2.90. The molecule has 0 atom stereocenters. The van der Waals surface area contributed by atoms with Crippen LogP contribution >= 0.6 is 0 Å². The minimum atomic E-state index is 0.786. The molecule has 3 nitrogen and oxygen atoms in total. The van der Waals surface area contributed by atoms with Crippen molar-refractivity contribution in [2.75, 3.05) is 40.3 Å². The van der Waals surface area contributed by atoms with Crippen molar-refractivity contribution < 1.29 is 0 Å². The van der Waals surface area contributed by atoms with Crippen LogP contribution in [-0.2, 0) is 0 Å². The fourth-order valence-corrected chi connectivity index (χ4v) is 1.06. The minimum Gasteiger partial charge on any atom is -0.318 e. The standard InChI is InChI=1S/C7H17N3/c1-8-3-4-10(2)7-5-9-6-7/h7-9H,3-6H2,1-2H3. The van der Waals surface area contributed by atoms with Crippen molar-refractivity contribution in [3.63, 3.8) is 0 Å². The van der Waals surface area contributed by atoms with Gasteiger partial charge in [-0.1, -0.05) is 0 Å². The molecule has 1 saturated heterocycles. The maximum Gasteiger partial charge on any atom is 0.0342 e. The molecule has 0 spiro atoms. The topological polar surface area (TPSA) is 27.3 Å². The number of likely N-dealkylation sites (N-methyl/N-ethyl adjacent to an activating group) is 2. The summed E-state index contributed by atoms with van der Waals surface area (Å²) in [5.41, 5.74) is 0. The van der Waals surface area contributed by atoms with Crippen LogP contribution in [-0.4, -0.2) is 51.2 Å². The Morgan fingerprint density at radius 2 is 2.30 bits per heavy atom. The van der Waals surface area contributed by atoms with Crippen LogP contribution in [0, 0.1) is 0 Å². The molecule has 0 bridgehead atoms. The molecular formula is C7H17N3. The Hall–Kier alpha value is -0.120. The molecular weight excluding hydrogens is 126 g/mol. The number of hydrogen-bond acceptors (Lipinski definition) is 3. The van der Waals surface area contributed by atoms with Crippen molar-refractivity contribution in [2.45, 2.75) is 6.04 Å². The first kappa shape index (κ1) is 7.98. The lowest BCUT2D eigenvalue weighted by atomic mass is 10.1. The molecule has 0 unspecified atom stereocenters. The largest absolute Gasteiger partial charge is 0.318 e.